The van der Waals surface area contributed by atoms with Crippen LogP contribution in [-0.2, 0) is 19.4 Å². The third-order valence-electron chi connectivity index (χ3n) is 6.11. The summed E-state index contributed by atoms with van der Waals surface area (Å²) in [4.78, 5) is 3.52. The van der Waals surface area contributed by atoms with Crippen molar-refractivity contribution in [1.82, 2.24) is 4.90 Å². The van der Waals surface area contributed by atoms with Crippen LogP contribution in [0.5, 0.6) is 17.2 Å². The van der Waals surface area contributed by atoms with Gasteiger partial charge in [-0.25, -0.2) is 0 Å². The predicted molar refractivity (Wildman–Crippen MR) is 124 cm³/mol. The molecule has 6 heteroatoms. The molecule has 0 N–H and O–H groups in total. The van der Waals surface area contributed by atoms with Crippen LogP contribution in [0.4, 0.5) is 0 Å². The summed E-state index contributed by atoms with van der Waals surface area (Å²) in [6.07, 6.45) is 2.00. The highest BCUT2D eigenvalue weighted by Gasteiger charge is 2.33. The number of nitrogens with zero attached hydrogens (tertiary/aromatic N) is 1. The topological polar surface area (TPSA) is 30.9 Å². The molecule has 0 aromatic heterocycles. The van der Waals surface area contributed by atoms with E-state index in [1.54, 1.807) is 14.2 Å². The number of benzene rings is 3. The van der Waals surface area contributed by atoms with Gasteiger partial charge in [0.15, 0.2) is 11.5 Å². The Morgan fingerprint density at radius 2 is 1.81 bits per heavy atom. The molecule has 1 unspecified atom stereocenters. The first-order valence-corrected chi connectivity index (χ1v) is 11.5. The van der Waals surface area contributed by atoms with Crippen molar-refractivity contribution in [2.45, 2.75) is 30.3 Å². The van der Waals surface area contributed by atoms with Crippen LogP contribution in [0, 0.1) is 0 Å². The van der Waals surface area contributed by atoms with Crippen LogP contribution >= 0.6 is 23.6 Å². The van der Waals surface area contributed by atoms with Crippen molar-refractivity contribution >= 4 is 23.6 Å². The number of methoxy groups -OCH3 is 2. The molecule has 0 aliphatic carbocycles. The summed E-state index contributed by atoms with van der Waals surface area (Å²) in [6.45, 7) is 1.97. The number of hydrogen-bond donors (Lipinski definition) is 0. The molecule has 5 rings (SSSR count). The number of rotatable bonds is 5. The second kappa shape index (κ2) is 8.65. The highest BCUT2D eigenvalue weighted by Crippen LogP contribution is 2.43. The van der Waals surface area contributed by atoms with Gasteiger partial charge in [0.25, 0.3) is 0 Å². The van der Waals surface area contributed by atoms with E-state index >= 15 is 0 Å². The minimum atomic E-state index is 0.379. The van der Waals surface area contributed by atoms with Gasteiger partial charge in [-0.3, -0.25) is 4.90 Å². The quantitative estimate of drug-likeness (QED) is 0.436. The summed E-state index contributed by atoms with van der Waals surface area (Å²) in [5.41, 5.74) is 5.42. The third kappa shape index (κ3) is 4.10. The molecular weight excluding hydrogens is 430 g/mol. The Morgan fingerprint density at radius 1 is 0.935 bits per heavy atom. The maximum absolute atomic E-state index is 6.10. The van der Waals surface area contributed by atoms with Gasteiger partial charge < -0.3 is 13.7 Å². The van der Waals surface area contributed by atoms with Gasteiger partial charge >= 0.3 is 0 Å². The van der Waals surface area contributed by atoms with Gasteiger partial charge in [-0.2, -0.15) is 0 Å². The van der Waals surface area contributed by atoms with Crippen LogP contribution in [0.2, 0.25) is 5.02 Å². The van der Waals surface area contributed by atoms with E-state index in [4.69, 9.17) is 25.3 Å². The number of ether oxygens (including phenoxy) is 2. The zero-order chi connectivity index (χ0) is 21.4. The maximum Gasteiger partial charge on any atom is 0.179 e. The molecule has 0 bridgehead atoms. The van der Waals surface area contributed by atoms with Crippen molar-refractivity contribution in [3.05, 3.63) is 81.9 Å². The van der Waals surface area contributed by atoms with Crippen molar-refractivity contribution in [2.24, 2.45) is 0 Å². The number of hydrogen-bond acceptors (Lipinski definition) is 5. The molecule has 2 heterocycles. The first kappa shape index (κ1) is 20.6. The molecule has 31 heavy (non-hydrogen) atoms. The van der Waals surface area contributed by atoms with Gasteiger partial charge in [0.05, 0.1) is 26.3 Å². The molecule has 0 saturated heterocycles. The van der Waals surface area contributed by atoms with Crippen LogP contribution in [0.1, 0.15) is 28.3 Å². The zero-order valence-corrected chi connectivity index (χ0v) is 19.1. The predicted octanol–water partition coefficient (Wildman–Crippen LogP) is 6.10. The Kier molecular flexibility index (Phi) is 5.74. The van der Waals surface area contributed by atoms with Crippen molar-refractivity contribution in [3.63, 3.8) is 0 Å². The molecular formula is C25H24ClNO3S. The van der Waals surface area contributed by atoms with Gasteiger partial charge in [-0.05, 0) is 77.6 Å². The highest BCUT2D eigenvalue weighted by molar-refractivity contribution is 7.95. The minimum Gasteiger partial charge on any atom is -0.497 e. The van der Waals surface area contributed by atoms with E-state index in [9.17, 15) is 0 Å². The van der Waals surface area contributed by atoms with E-state index in [1.165, 1.54) is 34.3 Å². The summed E-state index contributed by atoms with van der Waals surface area (Å²) >= 11 is 7.39. The van der Waals surface area contributed by atoms with Gasteiger partial charge in [0.1, 0.15) is 5.75 Å². The zero-order valence-electron chi connectivity index (χ0n) is 17.6. The van der Waals surface area contributed by atoms with Crippen LogP contribution in [0.25, 0.3) is 0 Å². The third-order valence-corrected chi connectivity index (χ3v) is 7.06. The van der Waals surface area contributed by atoms with Crippen LogP contribution < -0.4 is 13.7 Å². The average Bonchev–Trinajstić information content (AvgIpc) is 2.80. The molecule has 0 fully saturated rings. The lowest BCUT2D eigenvalue weighted by Crippen LogP contribution is -2.39. The first-order valence-electron chi connectivity index (χ1n) is 10.4. The molecule has 3 aromatic rings. The molecule has 4 nitrogen and oxygen atoms in total. The Balaban J connectivity index is 1.42. The Hall–Kier alpha value is -2.34. The molecule has 0 saturated carbocycles. The monoisotopic (exact) mass is 453 g/mol. The Labute approximate surface area is 192 Å². The first-order chi connectivity index (χ1) is 15.1. The molecule has 160 valence electrons. The largest absolute Gasteiger partial charge is 0.497 e. The van der Waals surface area contributed by atoms with E-state index in [1.807, 2.05) is 24.3 Å². The van der Waals surface area contributed by atoms with Gasteiger partial charge in [0.2, 0.25) is 0 Å². The van der Waals surface area contributed by atoms with Gasteiger partial charge in [0, 0.05) is 29.0 Å². The van der Waals surface area contributed by atoms with E-state index in [2.05, 4.69) is 35.2 Å². The summed E-state index contributed by atoms with van der Waals surface area (Å²) < 4.78 is 17.1. The summed E-state index contributed by atoms with van der Waals surface area (Å²) in [5, 5.41) is 0.693. The van der Waals surface area contributed by atoms with Crippen LogP contribution in [0.15, 0.2) is 59.5 Å². The van der Waals surface area contributed by atoms with Crippen molar-refractivity contribution in [1.29, 1.82) is 0 Å². The van der Waals surface area contributed by atoms with E-state index < -0.39 is 0 Å². The fourth-order valence-electron chi connectivity index (χ4n) is 4.54. The van der Waals surface area contributed by atoms with Crippen molar-refractivity contribution in [3.8, 4) is 17.2 Å². The van der Waals surface area contributed by atoms with Crippen molar-refractivity contribution in [2.75, 3.05) is 20.8 Å². The fraction of sp³-hybridized carbons (Fsp3) is 0.280. The summed E-state index contributed by atoms with van der Waals surface area (Å²) in [5.74, 6) is 2.43. The standard InChI is InChI=1S/C25H24ClNO3S/c1-28-20-6-7-22-16(10-20)8-9-27-15-18-13-24(29-2)25(12-17(18)11-23(22)27)30-31-21-5-3-4-19(26)14-21/h3-7,10,12-14,23H,8-9,11,15H2,1-2H3. The van der Waals surface area contributed by atoms with E-state index in [0.29, 0.717) is 11.1 Å². The minimum absolute atomic E-state index is 0.379. The number of fused-ring (bicyclic) bond motifs is 4. The molecule has 3 aromatic carbocycles. The summed E-state index contributed by atoms with van der Waals surface area (Å²) in [7, 11) is 3.42. The molecule has 1 atom stereocenters. The number of halogens is 1. The van der Waals surface area contributed by atoms with Crippen LogP contribution in [0.3, 0.4) is 0 Å². The lowest BCUT2D eigenvalue weighted by molar-refractivity contribution is 0.160. The molecule has 2 aliphatic heterocycles. The second-order valence-corrected chi connectivity index (χ2v) is 9.14. The highest BCUT2D eigenvalue weighted by atomic mass is 35.5. The molecule has 2 aliphatic rings. The Morgan fingerprint density at radius 3 is 2.61 bits per heavy atom. The van der Waals surface area contributed by atoms with Crippen molar-refractivity contribution < 1.29 is 13.7 Å². The summed E-state index contributed by atoms with van der Waals surface area (Å²) in [6, 6.07) is 18.8. The van der Waals surface area contributed by atoms with Crippen LogP contribution in [-0.4, -0.2) is 25.7 Å². The van der Waals surface area contributed by atoms with Gasteiger partial charge in [-0.15, -0.1) is 0 Å². The second-order valence-electron chi connectivity index (χ2n) is 7.90. The SMILES string of the molecule is COc1ccc2c(c1)CCN1Cc3cc(OC)c(OSc4cccc(Cl)c4)cc3CC21. The lowest BCUT2D eigenvalue weighted by Gasteiger charge is -2.41. The smallest absolute Gasteiger partial charge is 0.179 e. The maximum atomic E-state index is 6.10. The fourth-order valence-corrected chi connectivity index (χ4v) is 5.42. The Bertz CT molecular complexity index is 1120. The lowest BCUT2D eigenvalue weighted by atomic mass is 9.84. The van der Waals surface area contributed by atoms with E-state index in [0.717, 1.165) is 48.1 Å². The molecule has 0 radical (unpaired) electrons. The van der Waals surface area contributed by atoms with E-state index in [-0.39, 0.29) is 0 Å². The average molecular weight is 454 g/mol. The van der Waals surface area contributed by atoms with Gasteiger partial charge in [-0.1, -0.05) is 23.7 Å². The normalized spacial score (nSPS) is 17.3. The molecule has 0 amide bonds. The molecule has 0 spiro atoms.